The molecule has 0 spiro atoms. The molecule has 0 radical (unpaired) electrons. The summed E-state index contributed by atoms with van der Waals surface area (Å²) in [5, 5.41) is 5.54. The molecule has 0 atom stereocenters. The Hall–Kier alpha value is -2.04. The molecule has 5 nitrogen and oxygen atoms in total. The number of hydrogen-bond donors (Lipinski definition) is 3. The molecule has 4 N–H and O–H groups in total. The van der Waals surface area contributed by atoms with Gasteiger partial charge in [0.1, 0.15) is 0 Å². The van der Waals surface area contributed by atoms with Crippen molar-refractivity contribution in [2.45, 2.75) is 13.3 Å². The van der Waals surface area contributed by atoms with Gasteiger partial charge in [-0.05, 0) is 31.0 Å². The Bertz CT molecular complexity index is 429. The van der Waals surface area contributed by atoms with E-state index >= 15 is 0 Å². The Morgan fingerprint density at radius 1 is 1.44 bits per heavy atom. The highest BCUT2D eigenvalue weighted by atomic mass is 16.1. The van der Waals surface area contributed by atoms with Crippen LogP contribution in [0.2, 0.25) is 0 Å². The van der Waals surface area contributed by atoms with Crippen molar-refractivity contribution in [1.29, 1.82) is 0 Å². The second-order valence-corrected chi connectivity index (χ2v) is 3.83. The highest BCUT2D eigenvalue weighted by molar-refractivity contribution is 5.94. The molecule has 1 aromatic rings. The molecule has 0 unspecified atom stereocenters. The zero-order valence-corrected chi connectivity index (χ0v) is 10.9. The molecule has 0 bridgehead atoms. The van der Waals surface area contributed by atoms with E-state index in [1.54, 1.807) is 13.1 Å². The van der Waals surface area contributed by atoms with Gasteiger partial charge in [0.05, 0.1) is 0 Å². The van der Waals surface area contributed by atoms with Gasteiger partial charge in [-0.15, -0.1) is 0 Å². The third kappa shape index (κ3) is 4.45. The minimum Gasteiger partial charge on any atom is -0.370 e. The molecule has 0 aliphatic carbocycles. The Morgan fingerprint density at radius 2 is 2.22 bits per heavy atom. The van der Waals surface area contributed by atoms with E-state index in [0.29, 0.717) is 18.1 Å². The van der Waals surface area contributed by atoms with Crippen molar-refractivity contribution < 1.29 is 4.79 Å². The molecule has 1 aromatic carbocycles. The van der Waals surface area contributed by atoms with Crippen molar-refractivity contribution in [2.75, 3.05) is 20.1 Å². The Balaban J connectivity index is 2.58. The lowest BCUT2D eigenvalue weighted by molar-refractivity contribution is 0.0963. The summed E-state index contributed by atoms with van der Waals surface area (Å²) in [4.78, 5) is 15.7. The van der Waals surface area contributed by atoms with Crippen LogP contribution in [0, 0.1) is 0 Å². The average Bonchev–Trinajstić information content (AvgIpc) is 2.38. The van der Waals surface area contributed by atoms with E-state index in [1.165, 1.54) is 0 Å². The molecule has 0 aromatic heterocycles. The predicted octanol–water partition coefficient (Wildman–Crippen LogP) is 0.513. The summed E-state index contributed by atoms with van der Waals surface area (Å²) >= 11 is 0. The lowest BCUT2D eigenvalue weighted by Gasteiger charge is -2.04. The molecule has 0 aliphatic rings. The summed E-state index contributed by atoms with van der Waals surface area (Å²) in [7, 11) is 1.62. The van der Waals surface area contributed by atoms with Gasteiger partial charge in [0.2, 0.25) is 0 Å². The number of hydrogen-bond acceptors (Lipinski definition) is 2. The first-order valence-electron chi connectivity index (χ1n) is 6.02. The molecule has 98 valence electrons. The predicted molar refractivity (Wildman–Crippen MR) is 73.7 cm³/mol. The van der Waals surface area contributed by atoms with Gasteiger partial charge in [-0.1, -0.05) is 12.1 Å². The number of carbonyl (C=O) groups excluding carboxylic acids is 1. The molecule has 1 amide bonds. The van der Waals surface area contributed by atoms with Gasteiger partial charge in [0.15, 0.2) is 5.96 Å². The number of nitrogens with one attached hydrogen (secondary N) is 2. The molecule has 0 fully saturated rings. The maximum atomic E-state index is 11.5. The summed E-state index contributed by atoms with van der Waals surface area (Å²) < 4.78 is 0. The SMILES string of the molecule is CCNC(N)=NCCc1cccc(C(=O)NC)c1. The van der Waals surface area contributed by atoms with Crippen LogP contribution in [0.5, 0.6) is 0 Å². The molecule has 5 heteroatoms. The monoisotopic (exact) mass is 248 g/mol. The topological polar surface area (TPSA) is 79.5 Å². The number of benzene rings is 1. The van der Waals surface area contributed by atoms with Gasteiger partial charge in [-0.25, -0.2) is 0 Å². The standard InChI is InChI=1S/C13H20N4O/c1-3-16-13(14)17-8-7-10-5-4-6-11(9-10)12(18)15-2/h4-6,9H,3,7-8H2,1-2H3,(H,15,18)(H3,14,16,17). The summed E-state index contributed by atoms with van der Waals surface area (Å²) in [5.41, 5.74) is 7.36. The lowest BCUT2D eigenvalue weighted by atomic mass is 10.1. The summed E-state index contributed by atoms with van der Waals surface area (Å²) in [5.74, 6) is 0.382. The molecular weight excluding hydrogens is 228 g/mol. The van der Waals surface area contributed by atoms with Crippen LogP contribution in [-0.4, -0.2) is 32.0 Å². The van der Waals surface area contributed by atoms with Crippen LogP contribution >= 0.6 is 0 Å². The van der Waals surface area contributed by atoms with Crippen LogP contribution < -0.4 is 16.4 Å². The van der Waals surface area contributed by atoms with E-state index in [0.717, 1.165) is 18.5 Å². The number of rotatable bonds is 5. The third-order valence-electron chi connectivity index (χ3n) is 2.46. The number of amides is 1. The highest BCUT2D eigenvalue weighted by Gasteiger charge is 2.03. The average molecular weight is 248 g/mol. The van der Waals surface area contributed by atoms with Gasteiger partial charge in [-0.2, -0.15) is 0 Å². The summed E-state index contributed by atoms with van der Waals surface area (Å²) in [6, 6.07) is 7.51. The lowest BCUT2D eigenvalue weighted by Crippen LogP contribution is -2.31. The molecule has 0 saturated heterocycles. The maximum absolute atomic E-state index is 11.5. The fourth-order valence-corrected chi connectivity index (χ4v) is 1.55. The van der Waals surface area contributed by atoms with Crippen molar-refractivity contribution in [3.63, 3.8) is 0 Å². The fraction of sp³-hybridized carbons (Fsp3) is 0.385. The number of aliphatic imine (C=N–C) groups is 1. The highest BCUT2D eigenvalue weighted by Crippen LogP contribution is 2.06. The van der Waals surface area contributed by atoms with E-state index < -0.39 is 0 Å². The van der Waals surface area contributed by atoms with Gasteiger partial charge in [0, 0.05) is 25.7 Å². The van der Waals surface area contributed by atoms with Crippen LogP contribution in [-0.2, 0) is 6.42 Å². The van der Waals surface area contributed by atoms with E-state index in [-0.39, 0.29) is 5.91 Å². The third-order valence-corrected chi connectivity index (χ3v) is 2.46. The number of guanidine groups is 1. The van der Waals surface area contributed by atoms with Gasteiger partial charge in [-0.3, -0.25) is 9.79 Å². The van der Waals surface area contributed by atoms with Crippen LogP contribution in [0.1, 0.15) is 22.8 Å². The van der Waals surface area contributed by atoms with E-state index in [2.05, 4.69) is 15.6 Å². The largest absolute Gasteiger partial charge is 0.370 e. The van der Waals surface area contributed by atoms with Crippen LogP contribution in [0.4, 0.5) is 0 Å². The van der Waals surface area contributed by atoms with Gasteiger partial charge >= 0.3 is 0 Å². The minimum atomic E-state index is -0.0764. The van der Waals surface area contributed by atoms with Gasteiger partial charge in [0.25, 0.3) is 5.91 Å². The smallest absolute Gasteiger partial charge is 0.251 e. The summed E-state index contributed by atoms with van der Waals surface area (Å²) in [6.07, 6.45) is 0.761. The molecular formula is C13H20N4O. The second-order valence-electron chi connectivity index (χ2n) is 3.83. The molecule has 0 heterocycles. The zero-order valence-electron chi connectivity index (χ0n) is 10.9. The second kappa shape index (κ2) is 7.32. The molecule has 0 saturated carbocycles. The molecule has 0 aliphatic heterocycles. The summed E-state index contributed by atoms with van der Waals surface area (Å²) in [6.45, 7) is 3.34. The Kier molecular flexibility index (Phi) is 5.70. The number of nitrogens with two attached hydrogens (primary N) is 1. The molecule has 18 heavy (non-hydrogen) atoms. The van der Waals surface area contributed by atoms with Crippen molar-refractivity contribution in [3.8, 4) is 0 Å². The van der Waals surface area contributed by atoms with Crippen LogP contribution in [0.15, 0.2) is 29.3 Å². The zero-order chi connectivity index (χ0) is 13.4. The van der Waals surface area contributed by atoms with Crippen LogP contribution in [0.3, 0.4) is 0 Å². The molecule has 1 rings (SSSR count). The Morgan fingerprint density at radius 3 is 2.89 bits per heavy atom. The van der Waals surface area contributed by atoms with E-state index in [4.69, 9.17) is 5.73 Å². The first kappa shape index (κ1) is 14.0. The Labute approximate surface area is 107 Å². The normalized spacial score (nSPS) is 11.1. The van der Waals surface area contributed by atoms with Gasteiger partial charge < -0.3 is 16.4 Å². The maximum Gasteiger partial charge on any atom is 0.251 e. The van der Waals surface area contributed by atoms with Crippen molar-refractivity contribution in [1.82, 2.24) is 10.6 Å². The fourth-order valence-electron chi connectivity index (χ4n) is 1.55. The van der Waals surface area contributed by atoms with Crippen LogP contribution in [0.25, 0.3) is 0 Å². The first-order chi connectivity index (χ1) is 8.67. The number of nitrogens with zero attached hydrogens (tertiary/aromatic N) is 1. The van der Waals surface area contributed by atoms with E-state index in [1.807, 2.05) is 25.1 Å². The van der Waals surface area contributed by atoms with Crippen molar-refractivity contribution >= 4 is 11.9 Å². The quantitative estimate of drug-likeness (QED) is 0.525. The minimum absolute atomic E-state index is 0.0764. The first-order valence-corrected chi connectivity index (χ1v) is 6.02. The van der Waals surface area contributed by atoms with Crippen molar-refractivity contribution in [2.24, 2.45) is 10.7 Å². The van der Waals surface area contributed by atoms with E-state index in [9.17, 15) is 4.79 Å². The van der Waals surface area contributed by atoms with Crippen molar-refractivity contribution in [3.05, 3.63) is 35.4 Å². The number of carbonyl (C=O) groups is 1.